The molecule has 0 aliphatic heterocycles. The average molecular weight is 133 g/mol. The Morgan fingerprint density at radius 3 is 1.78 bits per heavy atom. The van der Waals surface area contributed by atoms with Gasteiger partial charge in [0.25, 0.3) is 0 Å². The highest BCUT2D eigenvalue weighted by Crippen LogP contribution is 2.02. The first kappa shape index (κ1) is 7.03. The van der Waals surface area contributed by atoms with Gasteiger partial charge in [-0.1, -0.05) is 0 Å². The fourth-order valence-electron chi connectivity index (χ4n) is 0.539. The molecular formula is C7H16O2. The first-order chi connectivity index (χ1) is 4.63. The zero-order valence-electron chi connectivity index (χ0n) is 7.55. The Morgan fingerprint density at radius 1 is 1.22 bits per heavy atom. The van der Waals surface area contributed by atoms with Gasteiger partial charge in [0.15, 0.2) is 0 Å². The normalized spacial score (nSPS) is 22.4. The van der Waals surface area contributed by atoms with E-state index in [-0.39, 0.29) is 18.6 Å². The van der Waals surface area contributed by atoms with Gasteiger partial charge in [-0.2, -0.15) is 0 Å². The summed E-state index contributed by atoms with van der Waals surface area (Å²) in [6.45, 7) is 3.74. The second-order valence-corrected chi connectivity index (χ2v) is 2.07. The standard InChI is InChI=1S/C7H16O2/c1-6(8-3)5-7(2)9-4/h6-7H,5H2,1-4H3/i5D. The summed E-state index contributed by atoms with van der Waals surface area (Å²) < 4.78 is 17.5. The predicted octanol–water partition coefficient (Wildman–Crippen LogP) is 1.45. The third-order valence-corrected chi connectivity index (χ3v) is 1.29. The molecule has 0 N–H and O–H groups in total. The Labute approximate surface area is 58.6 Å². The van der Waals surface area contributed by atoms with E-state index in [0.717, 1.165) is 0 Å². The zero-order chi connectivity index (χ0) is 8.15. The Bertz CT molecular complexity index is 77.7. The molecule has 0 aliphatic rings. The molecule has 0 bridgehead atoms. The fraction of sp³-hybridized carbons (Fsp3) is 1.00. The van der Waals surface area contributed by atoms with Crippen molar-refractivity contribution in [2.45, 2.75) is 32.5 Å². The predicted molar refractivity (Wildman–Crippen MR) is 37.6 cm³/mol. The third-order valence-electron chi connectivity index (χ3n) is 1.29. The van der Waals surface area contributed by atoms with E-state index < -0.39 is 0 Å². The van der Waals surface area contributed by atoms with Crippen LogP contribution in [0.2, 0.25) is 0 Å². The summed E-state index contributed by atoms with van der Waals surface area (Å²) in [5.41, 5.74) is 0. The molecule has 0 fully saturated rings. The lowest BCUT2D eigenvalue weighted by molar-refractivity contribution is 0.0397. The van der Waals surface area contributed by atoms with Gasteiger partial charge >= 0.3 is 0 Å². The lowest BCUT2D eigenvalue weighted by atomic mass is 10.2. The van der Waals surface area contributed by atoms with Gasteiger partial charge in [0, 0.05) is 15.6 Å². The SMILES string of the molecule is [2H]C(C(C)OC)C(C)OC. The molecule has 2 nitrogen and oxygen atoms in total. The molecule has 0 aromatic carbocycles. The number of hydrogen-bond donors (Lipinski definition) is 0. The lowest BCUT2D eigenvalue weighted by Crippen LogP contribution is -2.15. The highest BCUT2D eigenvalue weighted by atomic mass is 16.5. The number of methoxy groups -OCH3 is 2. The van der Waals surface area contributed by atoms with E-state index in [1.54, 1.807) is 14.2 Å². The summed E-state index contributed by atoms with van der Waals surface area (Å²) in [4.78, 5) is 0. The summed E-state index contributed by atoms with van der Waals surface area (Å²) in [6, 6.07) is 0. The second-order valence-electron chi connectivity index (χ2n) is 2.07. The van der Waals surface area contributed by atoms with Crippen LogP contribution in [0.3, 0.4) is 0 Å². The molecule has 0 heterocycles. The van der Waals surface area contributed by atoms with Crippen LogP contribution in [0.15, 0.2) is 0 Å². The van der Waals surface area contributed by atoms with Crippen LogP contribution >= 0.6 is 0 Å². The number of ether oxygens (including phenoxy) is 2. The Kier molecular flexibility index (Phi) is 3.72. The first-order valence-electron chi connectivity index (χ1n) is 3.69. The molecule has 2 heteroatoms. The van der Waals surface area contributed by atoms with Gasteiger partial charge in [-0.3, -0.25) is 0 Å². The van der Waals surface area contributed by atoms with Crippen molar-refractivity contribution in [2.75, 3.05) is 14.2 Å². The molecule has 0 spiro atoms. The molecule has 0 aromatic rings. The molecular weight excluding hydrogens is 116 g/mol. The van der Waals surface area contributed by atoms with Crippen molar-refractivity contribution in [3.05, 3.63) is 0 Å². The molecule has 0 aromatic heterocycles. The van der Waals surface area contributed by atoms with Gasteiger partial charge in [0.1, 0.15) is 0 Å². The molecule has 0 radical (unpaired) electrons. The number of hydrogen-bond acceptors (Lipinski definition) is 2. The van der Waals surface area contributed by atoms with E-state index in [1.807, 2.05) is 13.8 Å². The molecule has 0 aliphatic carbocycles. The van der Waals surface area contributed by atoms with E-state index in [0.29, 0.717) is 0 Å². The van der Waals surface area contributed by atoms with Crippen molar-refractivity contribution in [3.63, 3.8) is 0 Å². The highest BCUT2D eigenvalue weighted by Gasteiger charge is 2.04. The maximum absolute atomic E-state index is 7.53. The quantitative estimate of drug-likeness (QED) is 0.578. The van der Waals surface area contributed by atoms with Crippen LogP contribution in [0.1, 0.15) is 21.6 Å². The minimum Gasteiger partial charge on any atom is -0.382 e. The molecule has 9 heavy (non-hydrogen) atoms. The van der Waals surface area contributed by atoms with Crippen molar-refractivity contribution in [1.29, 1.82) is 0 Å². The smallest absolute Gasteiger partial charge is 0.0567 e. The topological polar surface area (TPSA) is 18.5 Å². The monoisotopic (exact) mass is 133 g/mol. The summed E-state index contributed by atoms with van der Waals surface area (Å²) in [6.07, 6.45) is -0.417. The Morgan fingerprint density at radius 2 is 1.56 bits per heavy atom. The van der Waals surface area contributed by atoms with E-state index >= 15 is 0 Å². The molecule has 0 saturated heterocycles. The van der Waals surface area contributed by atoms with Gasteiger partial charge in [-0.05, 0) is 20.2 Å². The Balaban J connectivity index is 3.69. The molecule has 2 unspecified atom stereocenters. The molecule has 0 saturated carbocycles. The summed E-state index contributed by atoms with van der Waals surface area (Å²) in [5.74, 6) is 0. The first-order valence-corrected chi connectivity index (χ1v) is 3.11. The molecule has 2 atom stereocenters. The van der Waals surface area contributed by atoms with Gasteiger partial charge in [-0.15, -0.1) is 0 Å². The van der Waals surface area contributed by atoms with Crippen LogP contribution in [0, 0.1) is 0 Å². The van der Waals surface area contributed by atoms with Gasteiger partial charge < -0.3 is 9.47 Å². The van der Waals surface area contributed by atoms with Crippen molar-refractivity contribution in [1.82, 2.24) is 0 Å². The van der Waals surface area contributed by atoms with Gasteiger partial charge in [0.2, 0.25) is 0 Å². The molecule has 0 rings (SSSR count). The van der Waals surface area contributed by atoms with Gasteiger partial charge in [0.05, 0.1) is 12.2 Å². The van der Waals surface area contributed by atoms with E-state index in [9.17, 15) is 0 Å². The molecule has 56 valence electrons. The largest absolute Gasteiger partial charge is 0.382 e. The minimum atomic E-state index is -0.296. The maximum Gasteiger partial charge on any atom is 0.0567 e. The van der Waals surface area contributed by atoms with E-state index in [1.165, 1.54) is 0 Å². The van der Waals surface area contributed by atoms with Crippen molar-refractivity contribution in [2.24, 2.45) is 0 Å². The highest BCUT2D eigenvalue weighted by molar-refractivity contribution is 4.55. The average Bonchev–Trinajstić information content (AvgIpc) is 2.00. The van der Waals surface area contributed by atoms with Crippen molar-refractivity contribution < 1.29 is 10.8 Å². The van der Waals surface area contributed by atoms with Crippen LogP contribution < -0.4 is 0 Å². The van der Waals surface area contributed by atoms with Crippen LogP contribution in [0.5, 0.6) is 0 Å². The lowest BCUT2D eigenvalue weighted by Gasteiger charge is -2.13. The van der Waals surface area contributed by atoms with Crippen LogP contribution in [0.25, 0.3) is 0 Å². The summed E-state index contributed by atoms with van der Waals surface area (Å²) >= 11 is 0. The third kappa shape index (κ3) is 4.43. The minimum absolute atomic E-state index is 0.0602. The van der Waals surface area contributed by atoms with Gasteiger partial charge in [-0.25, -0.2) is 0 Å². The van der Waals surface area contributed by atoms with Crippen molar-refractivity contribution in [3.8, 4) is 0 Å². The number of rotatable bonds is 4. The molecule has 0 amide bonds. The summed E-state index contributed by atoms with van der Waals surface area (Å²) in [5, 5.41) is 0. The zero-order valence-corrected chi connectivity index (χ0v) is 6.55. The van der Waals surface area contributed by atoms with E-state index in [2.05, 4.69) is 0 Å². The Hall–Kier alpha value is -0.0800. The maximum atomic E-state index is 7.53. The fourth-order valence-corrected chi connectivity index (χ4v) is 0.539. The van der Waals surface area contributed by atoms with Crippen LogP contribution in [-0.4, -0.2) is 26.4 Å². The van der Waals surface area contributed by atoms with E-state index in [4.69, 9.17) is 10.8 Å². The van der Waals surface area contributed by atoms with Crippen molar-refractivity contribution >= 4 is 0 Å². The van der Waals surface area contributed by atoms with Crippen LogP contribution in [0.4, 0.5) is 0 Å². The van der Waals surface area contributed by atoms with Crippen LogP contribution in [-0.2, 0) is 9.47 Å². The second kappa shape index (κ2) is 4.77. The summed E-state index contributed by atoms with van der Waals surface area (Å²) in [7, 11) is 3.21.